The van der Waals surface area contributed by atoms with Gasteiger partial charge in [0.25, 0.3) is 0 Å². The van der Waals surface area contributed by atoms with Gasteiger partial charge in [-0.3, -0.25) is 0 Å². The van der Waals surface area contributed by atoms with Gasteiger partial charge in [0, 0.05) is 25.2 Å². The lowest BCUT2D eigenvalue weighted by atomic mass is 9.98. The Kier molecular flexibility index (Phi) is 5.69. The van der Waals surface area contributed by atoms with E-state index in [0.717, 1.165) is 25.9 Å². The molecule has 0 aromatic heterocycles. The molecule has 4 heteroatoms. The van der Waals surface area contributed by atoms with E-state index in [0.29, 0.717) is 6.04 Å². The number of amides is 1. The zero-order chi connectivity index (χ0) is 17.0. The first kappa shape index (κ1) is 17.8. The number of carbonyl (C=O) groups excluding carboxylic acids is 1. The zero-order valence-corrected chi connectivity index (χ0v) is 15.1. The van der Waals surface area contributed by atoms with Crippen molar-refractivity contribution in [1.29, 1.82) is 0 Å². The van der Waals surface area contributed by atoms with E-state index in [4.69, 9.17) is 4.74 Å². The average Bonchev–Trinajstić information content (AvgIpc) is 2.45. The van der Waals surface area contributed by atoms with Gasteiger partial charge in [-0.2, -0.15) is 0 Å². The van der Waals surface area contributed by atoms with Gasteiger partial charge in [-0.25, -0.2) is 4.79 Å². The molecular weight excluding hydrogens is 288 g/mol. The molecule has 1 aliphatic rings. The van der Waals surface area contributed by atoms with Gasteiger partial charge >= 0.3 is 6.09 Å². The Bertz CT molecular complexity index is 519. The van der Waals surface area contributed by atoms with Crippen LogP contribution in [0.5, 0.6) is 0 Å². The molecule has 0 bridgehead atoms. The molecule has 0 aliphatic carbocycles. The maximum absolute atomic E-state index is 12.2. The second-order valence-electron chi connectivity index (χ2n) is 7.61. The number of hydrogen-bond donors (Lipinski definition) is 1. The predicted molar refractivity (Wildman–Crippen MR) is 93.4 cm³/mol. The van der Waals surface area contributed by atoms with E-state index < -0.39 is 5.60 Å². The molecule has 1 aromatic carbocycles. The molecule has 0 saturated carbocycles. The van der Waals surface area contributed by atoms with E-state index in [9.17, 15) is 4.79 Å². The van der Waals surface area contributed by atoms with Crippen LogP contribution in [0, 0.1) is 6.92 Å². The molecule has 1 fully saturated rings. The highest BCUT2D eigenvalue weighted by Crippen LogP contribution is 2.21. The highest BCUT2D eigenvalue weighted by molar-refractivity contribution is 5.68. The third-order valence-electron chi connectivity index (χ3n) is 4.22. The van der Waals surface area contributed by atoms with Gasteiger partial charge in [-0.05, 0) is 53.0 Å². The molecule has 4 nitrogen and oxygen atoms in total. The Hall–Kier alpha value is -1.55. The Balaban J connectivity index is 1.81. The summed E-state index contributed by atoms with van der Waals surface area (Å²) in [5, 5.41) is 3.62. The molecule has 1 aromatic rings. The number of piperidine rings is 1. The lowest BCUT2D eigenvalue weighted by Gasteiger charge is -2.38. The van der Waals surface area contributed by atoms with Crippen LogP contribution in [0.3, 0.4) is 0 Å². The molecule has 2 rings (SSSR count). The van der Waals surface area contributed by atoms with E-state index in [1.54, 1.807) is 0 Å². The van der Waals surface area contributed by atoms with Crippen molar-refractivity contribution in [3.63, 3.8) is 0 Å². The lowest BCUT2D eigenvalue weighted by molar-refractivity contribution is 0.00932. The molecule has 1 aliphatic heterocycles. The van der Waals surface area contributed by atoms with Gasteiger partial charge in [0.1, 0.15) is 5.60 Å². The van der Waals surface area contributed by atoms with E-state index in [1.807, 2.05) is 25.7 Å². The van der Waals surface area contributed by atoms with Gasteiger partial charge in [0.15, 0.2) is 0 Å². The van der Waals surface area contributed by atoms with Crippen LogP contribution in [-0.2, 0) is 11.3 Å². The van der Waals surface area contributed by atoms with Crippen LogP contribution in [0.25, 0.3) is 0 Å². The average molecular weight is 318 g/mol. The van der Waals surface area contributed by atoms with Crippen LogP contribution >= 0.6 is 0 Å². The number of ether oxygens (including phenoxy) is 1. The number of benzene rings is 1. The Morgan fingerprint density at radius 1 is 1.30 bits per heavy atom. The highest BCUT2D eigenvalue weighted by atomic mass is 16.6. The molecule has 2 atom stereocenters. The lowest BCUT2D eigenvalue weighted by Crippen LogP contribution is -2.50. The minimum absolute atomic E-state index is 0.193. The van der Waals surface area contributed by atoms with Crippen molar-refractivity contribution in [2.24, 2.45) is 0 Å². The first-order chi connectivity index (χ1) is 10.7. The maximum atomic E-state index is 12.2. The summed E-state index contributed by atoms with van der Waals surface area (Å²) < 4.78 is 5.49. The van der Waals surface area contributed by atoms with E-state index in [2.05, 4.69) is 43.4 Å². The minimum atomic E-state index is -0.433. The molecule has 23 heavy (non-hydrogen) atoms. The number of carbonyl (C=O) groups is 1. The molecular formula is C19H30N2O2. The van der Waals surface area contributed by atoms with Gasteiger partial charge < -0.3 is 15.0 Å². The number of nitrogens with one attached hydrogen (secondary N) is 1. The second-order valence-corrected chi connectivity index (χ2v) is 7.61. The van der Waals surface area contributed by atoms with Crippen molar-refractivity contribution in [2.75, 3.05) is 6.54 Å². The Labute approximate surface area is 140 Å². The summed E-state index contributed by atoms with van der Waals surface area (Å²) in [7, 11) is 0. The highest BCUT2D eigenvalue weighted by Gasteiger charge is 2.31. The van der Waals surface area contributed by atoms with Gasteiger partial charge in [0.05, 0.1) is 0 Å². The van der Waals surface area contributed by atoms with Crippen LogP contribution in [0.4, 0.5) is 4.79 Å². The van der Waals surface area contributed by atoms with Gasteiger partial charge in [0.2, 0.25) is 0 Å². The van der Waals surface area contributed by atoms with E-state index in [-0.39, 0.29) is 12.1 Å². The van der Waals surface area contributed by atoms with E-state index in [1.165, 1.54) is 11.1 Å². The fraction of sp³-hybridized carbons (Fsp3) is 0.632. The largest absolute Gasteiger partial charge is 0.444 e. The first-order valence-corrected chi connectivity index (χ1v) is 8.53. The normalized spacial score (nSPS) is 22.0. The van der Waals surface area contributed by atoms with Crippen molar-refractivity contribution >= 4 is 6.09 Å². The predicted octanol–water partition coefficient (Wildman–Crippen LogP) is 3.87. The fourth-order valence-corrected chi connectivity index (χ4v) is 2.92. The summed E-state index contributed by atoms with van der Waals surface area (Å²) in [6.45, 7) is 11.6. The van der Waals surface area contributed by atoms with Gasteiger partial charge in [-0.1, -0.05) is 29.8 Å². The van der Waals surface area contributed by atoms with Crippen molar-refractivity contribution in [3.8, 4) is 0 Å². The second kappa shape index (κ2) is 7.35. The molecule has 1 heterocycles. The number of likely N-dealkylation sites (tertiary alicyclic amines) is 1. The van der Waals surface area contributed by atoms with Crippen LogP contribution in [-0.4, -0.2) is 35.2 Å². The third kappa shape index (κ3) is 5.54. The summed E-state index contributed by atoms with van der Waals surface area (Å²) in [6.07, 6.45) is 1.74. The topological polar surface area (TPSA) is 41.6 Å². The zero-order valence-electron chi connectivity index (χ0n) is 15.1. The molecule has 1 N–H and O–H groups in total. The number of aryl methyl sites for hydroxylation is 1. The monoisotopic (exact) mass is 318 g/mol. The molecule has 1 amide bonds. The molecule has 0 spiro atoms. The SMILES string of the molecule is Cc1ccc(CNC2CCN(C(=O)OC(C)(C)C)C(C)C2)cc1. The van der Waals surface area contributed by atoms with Crippen LogP contribution in [0.2, 0.25) is 0 Å². The smallest absolute Gasteiger partial charge is 0.410 e. The van der Waals surface area contributed by atoms with Crippen LogP contribution < -0.4 is 5.32 Å². The fourth-order valence-electron chi connectivity index (χ4n) is 2.92. The first-order valence-electron chi connectivity index (χ1n) is 8.53. The number of hydrogen-bond acceptors (Lipinski definition) is 3. The summed E-state index contributed by atoms with van der Waals surface area (Å²) in [6, 6.07) is 9.28. The van der Waals surface area contributed by atoms with Crippen molar-refractivity contribution in [2.45, 2.75) is 71.7 Å². The van der Waals surface area contributed by atoms with Crippen molar-refractivity contribution in [3.05, 3.63) is 35.4 Å². The van der Waals surface area contributed by atoms with E-state index >= 15 is 0 Å². The molecule has 0 radical (unpaired) electrons. The summed E-state index contributed by atoms with van der Waals surface area (Å²) in [4.78, 5) is 14.1. The van der Waals surface area contributed by atoms with Crippen LogP contribution in [0.1, 0.15) is 51.7 Å². The quantitative estimate of drug-likeness (QED) is 0.920. The summed E-state index contributed by atoms with van der Waals surface area (Å²) in [5.41, 5.74) is 2.16. The third-order valence-corrected chi connectivity index (χ3v) is 4.22. The Morgan fingerprint density at radius 3 is 2.52 bits per heavy atom. The molecule has 2 unspecified atom stereocenters. The van der Waals surface area contributed by atoms with Crippen LogP contribution in [0.15, 0.2) is 24.3 Å². The number of nitrogens with zero attached hydrogens (tertiary/aromatic N) is 1. The summed E-state index contributed by atoms with van der Waals surface area (Å²) in [5.74, 6) is 0. The number of rotatable bonds is 3. The Morgan fingerprint density at radius 2 is 1.96 bits per heavy atom. The standard InChI is InChI=1S/C19H30N2O2/c1-14-6-8-16(9-7-14)13-20-17-10-11-21(15(2)12-17)18(22)23-19(3,4)5/h6-9,15,17,20H,10-13H2,1-5H3. The van der Waals surface area contributed by atoms with Gasteiger partial charge in [-0.15, -0.1) is 0 Å². The minimum Gasteiger partial charge on any atom is -0.444 e. The molecule has 128 valence electrons. The van der Waals surface area contributed by atoms with Crippen molar-refractivity contribution < 1.29 is 9.53 Å². The molecule has 1 saturated heterocycles. The van der Waals surface area contributed by atoms with Crippen molar-refractivity contribution in [1.82, 2.24) is 10.2 Å². The maximum Gasteiger partial charge on any atom is 0.410 e. The summed E-state index contributed by atoms with van der Waals surface area (Å²) >= 11 is 0.